The van der Waals surface area contributed by atoms with E-state index in [4.69, 9.17) is 10.5 Å². The normalized spacial score (nSPS) is 15.8. The van der Waals surface area contributed by atoms with Gasteiger partial charge in [0.2, 0.25) is 0 Å². The van der Waals surface area contributed by atoms with Crippen molar-refractivity contribution in [3.63, 3.8) is 0 Å². The number of carbonyl (C=O) groups is 1. The Morgan fingerprint density at radius 1 is 1.53 bits per heavy atom. The molecule has 0 bridgehead atoms. The van der Waals surface area contributed by atoms with E-state index in [0.717, 1.165) is 36.3 Å². The van der Waals surface area contributed by atoms with Gasteiger partial charge in [0.1, 0.15) is 5.75 Å². The SMILES string of the molecule is NCCC(C(=O)O)c1ccc2c(c1)CCCO2. The molecule has 1 heterocycles. The monoisotopic (exact) mass is 235 g/mol. The number of hydrogen-bond donors (Lipinski definition) is 2. The summed E-state index contributed by atoms with van der Waals surface area (Å²) in [6.07, 6.45) is 2.41. The van der Waals surface area contributed by atoms with Crippen molar-refractivity contribution in [3.05, 3.63) is 29.3 Å². The molecule has 92 valence electrons. The molecule has 1 aliphatic heterocycles. The van der Waals surface area contributed by atoms with E-state index in [1.54, 1.807) is 0 Å². The molecule has 0 saturated carbocycles. The van der Waals surface area contributed by atoms with Gasteiger partial charge in [-0.15, -0.1) is 0 Å². The summed E-state index contributed by atoms with van der Waals surface area (Å²) in [4.78, 5) is 11.2. The first kappa shape index (κ1) is 11.9. The zero-order chi connectivity index (χ0) is 12.3. The molecule has 4 nitrogen and oxygen atoms in total. The number of hydrogen-bond acceptors (Lipinski definition) is 3. The fourth-order valence-corrected chi connectivity index (χ4v) is 2.20. The lowest BCUT2D eigenvalue weighted by molar-refractivity contribution is -0.138. The lowest BCUT2D eigenvalue weighted by Crippen LogP contribution is -2.17. The molecule has 0 amide bonds. The third kappa shape index (κ3) is 2.58. The number of aliphatic carboxylic acids is 1. The maximum atomic E-state index is 11.2. The summed E-state index contributed by atoms with van der Waals surface area (Å²) in [6.45, 7) is 1.13. The van der Waals surface area contributed by atoms with Gasteiger partial charge in [-0.2, -0.15) is 0 Å². The number of carboxylic acid groups (broad SMARTS) is 1. The van der Waals surface area contributed by atoms with Crippen molar-refractivity contribution in [3.8, 4) is 5.75 Å². The van der Waals surface area contributed by atoms with Crippen molar-refractivity contribution in [2.45, 2.75) is 25.2 Å². The second kappa shape index (κ2) is 5.19. The van der Waals surface area contributed by atoms with Crippen LogP contribution in [0.3, 0.4) is 0 Å². The molecule has 0 saturated heterocycles. The maximum absolute atomic E-state index is 11.2. The molecule has 4 heteroatoms. The molecule has 2 rings (SSSR count). The van der Waals surface area contributed by atoms with Crippen LogP contribution in [-0.2, 0) is 11.2 Å². The van der Waals surface area contributed by atoms with Crippen molar-refractivity contribution in [2.24, 2.45) is 5.73 Å². The summed E-state index contributed by atoms with van der Waals surface area (Å²) in [7, 11) is 0. The van der Waals surface area contributed by atoms with E-state index >= 15 is 0 Å². The van der Waals surface area contributed by atoms with Crippen LogP contribution in [0.25, 0.3) is 0 Å². The summed E-state index contributed by atoms with van der Waals surface area (Å²) in [5.74, 6) is -0.434. The van der Waals surface area contributed by atoms with Crippen molar-refractivity contribution in [1.29, 1.82) is 0 Å². The quantitative estimate of drug-likeness (QED) is 0.830. The Balaban J connectivity index is 2.28. The fourth-order valence-electron chi connectivity index (χ4n) is 2.20. The Hall–Kier alpha value is -1.55. The average molecular weight is 235 g/mol. The highest BCUT2D eigenvalue weighted by Crippen LogP contribution is 2.29. The zero-order valence-electron chi connectivity index (χ0n) is 9.69. The number of aryl methyl sites for hydroxylation is 1. The van der Waals surface area contributed by atoms with Crippen molar-refractivity contribution in [2.75, 3.05) is 13.2 Å². The minimum Gasteiger partial charge on any atom is -0.493 e. The molecule has 1 unspecified atom stereocenters. The maximum Gasteiger partial charge on any atom is 0.311 e. The molecule has 17 heavy (non-hydrogen) atoms. The summed E-state index contributed by atoms with van der Waals surface area (Å²) in [6, 6.07) is 5.65. The van der Waals surface area contributed by atoms with Gasteiger partial charge < -0.3 is 15.6 Å². The minimum absolute atomic E-state index is 0.380. The van der Waals surface area contributed by atoms with Gasteiger partial charge in [0.25, 0.3) is 0 Å². The molecule has 1 aromatic carbocycles. The summed E-state index contributed by atoms with van der Waals surface area (Å²) in [5.41, 5.74) is 7.39. The molecule has 3 N–H and O–H groups in total. The molecular formula is C13H17NO3. The van der Waals surface area contributed by atoms with Gasteiger partial charge in [0.15, 0.2) is 0 Å². The first-order valence-electron chi connectivity index (χ1n) is 5.91. The number of ether oxygens (including phenoxy) is 1. The van der Waals surface area contributed by atoms with Crippen molar-refractivity contribution >= 4 is 5.97 Å². The highest BCUT2D eigenvalue weighted by molar-refractivity contribution is 5.76. The van der Waals surface area contributed by atoms with Gasteiger partial charge in [-0.1, -0.05) is 12.1 Å². The van der Waals surface area contributed by atoms with E-state index < -0.39 is 11.9 Å². The molecule has 1 atom stereocenters. The van der Waals surface area contributed by atoms with Crippen molar-refractivity contribution < 1.29 is 14.6 Å². The van der Waals surface area contributed by atoms with Crippen LogP contribution in [-0.4, -0.2) is 24.2 Å². The average Bonchev–Trinajstić information content (AvgIpc) is 2.35. The second-order valence-corrected chi connectivity index (χ2v) is 4.29. The molecule has 0 aliphatic carbocycles. The molecular weight excluding hydrogens is 218 g/mol. The van der Waals surface area contributed by atoms with E-state index in [2.05, 4.69) is 0 Å². The highest BCUT2D eigenvalue weighted by atomic mass is 16.5. The first-order chi connectivity index (χ1) is 8.22. The van der Waals surface area contributed by atoms with Gasteiger partial charge in [-0.3, -0.25) is 4.79 Å². The highest BCUT2D eigenvalue weighted by Gasteiger charge is 2.21. The first-order valence-corrected chi connectivity index (χ1v) is 5.91. The van der Waals surface area contributed by atoms with E-state index in [1.165, 1.54) is 0 Å². The lowest BCUT2D eigenvalue weighted by Gasteiger charge is -2.19. The number of fused-ring (bicyclic) bond motifs is 1. The van der Waals surface area contributed by atoms with Crippen LogP contribution in [0.15, 0.2) is 18.2 Å². The van der Waals surface area contributed by atoms with Gasteiger partial charge >= 0.3 is 5.97 Å². The second-order valence-electron chi connectivity index (χ2n) is 4.29. The molecule has 0 fully saturated rings. The smallest absolute Gasteiger partial charge is 0.311 e. The lowest BCUT2D eigenvalue weighted by atomic mass is 9.92. The third-order valence-electron chi connectivity index (χ3n) is 3.09. The Morgan fingerprint density at radius 2 is 2.35 bits per heavy atom. The van der Waals surface area contributed by atoms with Crippen LogP contribution in [0.2, 0.25) is 0 Å². The third-order valence-corrected chi connectivity index (χ3v) is 3.09. The fraction of sp³-hybridized carbons (Fsp3) is 0.462. The van der Waals surface area contributed by atoms with Gasteiger partial charge in [-0.05, 0) is 43.0 Å². The predicted octanol–water partition coefficient (Wildman–Crippen LogP) is 1.53. The van der Waals surface area contributed by atoms with Crippen LogP contribution in [0.5, 0.6) is 5.75 Å². The standard InChI is InChI=1S/C13H17NO3/c14-6-5-11(13(15)16)9-3-4-12-10(8-9)2-1-7-17-12/h3-4,8,11H,1-2,5-7,14H2,(H,15,16). The Labute approximate surface area is 100 Å². The number of benzene rings is 1. The predicted molar refractivity (Wildman–Crippen MR) is 64.3 cm³/mol. The largest absolute Gasteiger partial charge is 0.493 e. The van der Waals surface area contributed by atoms with E-state index in [9.17, 15) is 9.90 Å². The molecule has 0 spiro atoms. The van der Waals surface area contributed by atoms with E-state index in [1.807, 2.05) is 18.2 Å². The van der Waals surface area contributed by atoms with Gasteiger partial charge in [0.05, 0.1) is 12.5 Å². The molecule has 0 aromatic heterocycles. The van der Waals surface area contributed by atoms with Gasteiger partial charge in [0, 0.05) is 0 Å². The van der Waals surface area contributed by atoms with Crippen LogP contribution >= 0.6 is 0 Å². The van der Waals surface area contributed by atoms with Gasteiger partial charge in [-0.25, -0.2) is 0 Å². The number of carboxylic acids is 1. The van der Waals surface area contributed by atoms with Crippen LogP contribution in [0.4, 0.5) is 0 Å². The molecule has 0 radical (unpaired) electrons. The van der Waals surface area contributed by atoms with E-state index in [0.29, 0.717) is 13.0 Å². The Bertz CT molecular complexity index is 417. The summed E-state index contributed by atoms with van der Waals surface area (Å²) >= 11 is 0. The minimum atomic E-state index is -0.813. The molecule has 1 aromatic rings. The van der Waals surface area contributed by atoms with Crippen LogP contribution in [0.1, 0.15) is 29.9 Å². The molecule has 1 aliphatic rings. The van der Waals surface area contributed by atoms with Crippen LogP contribution in [0, 0.1) is 0 Å². The topological polar surface area (TPSA) is 72.6 Å². The zero-order valence-corrected chi connectivity index (χ0v) is 9.69. The van der Waals surface area contributed by atoms with E-state index in [-0.39, 0.29) is 0 Å². The Morgan fingerprint density at radius 3 is 3.06 bits per heavy atom. The summed E-state index contributed by atoms with van der Waals surface area (Å²) < 4.78 is 5.51. The van der Waals surface area contributed by atoms with Crippen molar-refractivity contribution in [1.82, 2.24) is 0 Å². The number of rotatable bonds is 4. The van der Waals surface area contributed by atoms with Crippen LogP contribution < -0.4 is 10.5 Å². The number of nitrogens with two attached hydrogens (primary N) is 1. The Kier molecular flexibility index (Phi) is 3.64. The summed E-state index contributed by atoms with van der Waals surface area (Å²) in [5, 5.41) is 9.18.